The molecule has 0 heterocycles. The number of aliphatic hydroxyl groups is 1. The summed E-state index contributed by atoms with van der Waals surface area (Å²) in [4.78, 5) is 0. The lowest BCUT2D eigenvalue weighted by molar-refractivity contribution is 0.0538. The van der Waals surface area contributed by atoms with Gasteiger partial charge < -0.3 is 5.11 Å². The Hall–Kier alpha value is -0.960. The van der Waals surface area contributed by atoms with Crippen molar-refractivity contribution in [2.24, 2.45) is 11.3 Å². The summed E-state index contributed by atoms with van der Waals surface area (Å²) >= 11 is 0. The highest BCUT2D eigenvalue weighted by atomic mass is 19.2. The molecule has 1 saturated carbocycles. The summed E-state index contributed by atoms with van der Waals surface area (Å²) in [6, 6.07) is 4.00. The molecule has 1 aromatic carbocycles. The smallest absolute Gasteiger partial charge is 0.164 e. The van der Waals surface area contributed by atoms with Crippen molar-refractivity contribution < 1.29 is 13.9 Å². The topological polar surface area (TPSA) is 20.2 Å². The number of benzene rings is 1. The summed E-state index contributed by atoms with van der Waals surface area (Å²) in [5, 5.41) is 10.2. The normalized spacial score (nSPS) is 21.8. The Morgan fingerprint density at radius 3 is 2.44 bits per heavy atom. The van der Waals surface area contributed by atoms with E-state index >= 15 is 0 Å². The van der Waals surface area contributed by atoms with E-state index in [2.05, 4.69) is 13.8 Å². The van der Waals surface area contributed by atoms with Crippen molar-refractivity contribution in [2.45, 2.75) is 45.6 Å². The summed E-state index contributed by atoms with van der Waals surface area (Å²) in [6.45, 7) is 4.41. The number of hydrogen-bond donors (Lipinski definition) is 1. The fourth-order valence-electron chi connectivity index (χ4n) is 2.74. The van der Waals surface area contributed by atoms with Gasteiger partial charge in [0, 0.05) is 5.56 Å². The first-order valence-electron chi connectivity index (χ1n) is 6.53. The molecule has 0 amide bonds. The van der Waals surface area contributed by atoms with Crippen molar-refractivity contribution in [2.75, 3.05) is 0 Å². The quantitative estimate of drug-likeness (QED) is 0.838. The Morgan fingerprint density at radius 2 is 1.83 bits per heavy atom. The minimum atomic E-state index is -0.908. The van der Waals surface area contributed by atoms with Crippen LogP contribution in [0.3, 0.4) is 0 Å². The van der Waals surface area contributed by atoms with Crippen LogP contribution < -0.4 is 0 Å². The van der Waals surface area contributed by atoms with Gasteiger partial charge in [0.25, 0.3) is 0 Å². The van der Waals surface area contributed by atoms with Gasteiger partial charge in [-0.15, -0.1) is 0 Å². The summed E-state index contributed by atoms with van der Waals surface area (Å²) in [5.41, 5.74) is 0.399. The summed E-state index contributed by atoms with van der Waals surface area (Å²) in [7, 11) is 0. The van der Waals surface area contributed by atoms with Crippen molar-refractivity contribution in [1.82, 2.24) is 0 Å². The van der Waals surface area contributed by atoms with Gasteiger partial charge in [-0.3, -0.25) is 0 Å². The molecule has 1 fully saturated rings. The highest BCUT2D eigenvalue weighted by Gasteiger charge is 2.32. The van der Waals surface area contributed by atoms with Crippen LogP contribution in [0.25, 0.3) is 0 Å². The maximum Gasteiger partial charge on any atom is 0.164 e. The minimum Gasteiger partial charge on any atom is -0.388 e. The largest absolute Gasteiger partial charge is 0.388 e. The molecule has 0 spiro atoms. The number of aliphatic hydroxyl groups excluding tert-OH is 1. The van der Waals surface area contributed by atoms with Crippen LogP contribution in [0.4, 0.5) is 8.78 Å². The van der Waals surface area contributed by atoms with E-state index in [4.69, 9.17) is 0 Å². The lowest BCUT2D eigenvalue weighted by Gasteiger charge is -2.36. The van der Waals surface area contributed by atoms with Gasteiger partial charge >= 0.3 is 0 Å². The van der Waals surface area contributed by atoms with Gasteiger partial charge in [0.05, 0.1) is 6.10 Å². The van der Waals surface area contributed by atoms with E-state index in [1.54, 1.807) is 0 Å². The van der Waals surface area contributed by atoms with Crippen LogP contribution in [-0.2, 0) is 0 Å². The highest BCUT2D eigenvalue weighted by molar-refractivity contribution is 5.22. The van der Waals surface area contributed by atoms with Crippen molar-refractivity contribution in [3.8, 4) is 0 Å². The van der Waals surface area contributed by atoms with Gasteiger partial charge in [-0.1, -0.05) is 26.0 Å². The Labute approximate surface area is 107 Å². The molecule has 1 unspecified atom stereocenters. The lowest BCUT2D eigenvalue weighted by atomic mass is 9.71. The SMILES string of the molecule is CC1(C)CCC(C(O)c2cccc(F)c2F)CC1. The second-order valence-corrected chi connectivity index (χ2v) is 6.09. The van der Waals surface area contributed by atoms with Gasteiger partial charge in [0.1, 0.15) is 0 Å². The first-order valence-corrected chi connectivity index (χ1v) is 6.53. The molecule has 0 saturated heterocycles. The average molecular weight is 254 g/mol. The van der Waals surface area contributed by atoms with Crippen LogP contribution >= 0.6 is 0 Å². The molecule has 1 nitrogen and oxygen atoms in total. The second-order valence-electron chi connectivity index (χ2n) is 6.09. The van der Waals surface area contributed by atoms with Crippen LogP contribution in [0.5, 0.6) is 0 Å². The molecule has 18 heavy (non-hydrogen) atoms. The van der Waals surface area contributed by atoms with Gasteiger partial charge in [0.15, 0.2) is 11.6 Å². The lowest BCUT2D eigenvalue weighted by Crippen LogP contribution is -2.25. The number of rotatable bonds is 2. The van der Waals surface area contributed by atoms with E-state index in [0.717, 1.165) is 31.7 Å². The summed E-state index contributed by atoms with van der Waals surface area (Å²) < 4.78 is 26.8. The van der Waals surface area contributed by atoms with E-state index < -0.39 is 17.7 Å². The van der Waals surface area contributed by atoms with Crippen LogP contribution in [-0.4, -0.2) is 5.11 Å². The standard InChI is InChI=1S/C15H20F2O/c1-15(2)8-6-10(7-9-15)14(18)11-4-3-5-12(16)13(11)17/h3-5,10,14,18H,6-9H2,1-2H3. The Bertz CT molecular complexity index is 419. The maximum absolute atomic E-state index is 13.6. The number of halogens is 2. The van der Waals surface area contributed by atoms with Crippen molar-refractivity contribution in [1.29, 1.82) is 0 Å². The third-order valence-electron chi connectivity index (χ3n) is 4.13. The third kappa shape index (κ3) is 2.72. The predicted octanol–water partition coefficient (Wildman–Crippen LogP) is 4.21. The minimum absolute atomic E-state index is 0.0364. The summed E-state index contributed by atoms with van der Waals surface area (Å²) in [5.74, 6) is -1.76. The molecule has 1 aromatic rings. The van der Waals surface area contributed by atoms with Gasteiger partial charge in [-0.2, -0.15) is 0 Å². The van der Waals surface area contributed by atoms with E-state index in [-0.39, 0.29) is 11.5 Å². The maximum atomic E-state index is 13.6. The van der Waals surface area contributed by atoms with E-state index in [1.165, 1.54) is 12.1 Å². The first kappa shape index (κ1) is 13.5. The van der Waals surface area contributed by atoms with Crippen LogP contribution in [0.2, 0.25) is 0 Å². The zero-order chi connectivity index (χ0) is 13.3. The number of hydrogen-bond acceptors (Lipinski definition) is 1. The predicted molar refractivity (Wildman–Crippen MR) is 67.1 cm³/mol. The Morgan fingerprint density at radius 1 is 1.22 bits per heavy atom. The molecule has 2 rings (SSSR count). The molecular weight excluding hydrogens is 234 g/mol. The van der Waals surface area contributed by atoms with Gasteiger partial charge in [-0.25, -0.2) is 8.78 Å². The van der Waals surface area contributed by atoms with E-state index in [1.807, 2.05) is 0 Å². The molecule has 1 aliphatic rings. The molecule has 100 valence electrons. The Balaban J connectivity index is 2.12. The fraction of sp³-hybridized carbons (Fsp3) is 0.600. The van der Waals surface area contributed by atoms with Gasteiger partial charge in [0.2, 0.25) is 0 Å². The first-order chi connectivity index (χ1) is 8.41. The third-order valence-corrected chi connectivity index (χ3v) is 4.13. The second kappa shape index (κ2) is 4.96. The van der Waals surface area contributed by atoms with Crippen LogP contribution in [0.1, 0.15) is 51.2 Å². The molecule has 3 heteroatoms. The zero-order valence-corrected chi connectivity index (χ0v) is 10.9. The molecule has 0 aromatic heterocycles. The van der Waals surface area contributed by atoms with E-state index in [0.29, 0.717) is 5.41 Å². The zero-order valence-electron chi connectivity index (χ0n) is 10.9. The highest BCUT2D eigenvalue weighted by Crippen LogP contribution is 2.43. The van der Waals surface area contributed by atoms with Gasteiger partial charge in [-0.05, 0) is 43.1 Å². The van der Waals surface area contributed by atoms with Crippen molar-refractivity contribution in [3.05, 3.63) is 35.4 Å². The fourth-order valence-corrected chi connectivity index (χ4v) is 2.74. The molecule has 0 radical (unpaired) electrons. The molecule has 0 aliphatic heterocycles. The van der Waals surface area contributed by atoms with Crippen molar-refractivity contribution in [3.63, 3.8) is 0 Å². The monoisotopic (exact) mass is 254 g/mol. The van der Waals surface area contributed by atoms with Crippen LogP contribution in [0.15, 0.2) is 18.2 Å². The molecular formula is C15H20F2O. The molecule has 0 bridgehead atoms. The molecule has 1 atom stereocenters. The Kier molecular flexibility index (Phi) is 3.71. The van der Waals surface area contributed by atoms with E-state index in [9.17, 15) is 13.9 Å². The summed E-state index contributed by atoms with van der Waals surface area (Å²) in [6.07, 6.45) is 2.88. The van der Waals surface area contributed by atoms with Crippen LogP contribution in [0, 0.1) is 23.0 Å². The molecule has 1 N–H and O–H groups in total. The average Bonchev–Trinajstić information content (AvgIpc) is 2.32. The van der Waals surface area contributed by atoms with Crippen molar-refractivity contribution >= 4 is 0 Å². The molecule has 1 aliphatic carbocycles.